The molecular weight excluding hydrogens is 418 g/mol. The van der Waals surface area contributed by atoms with Gasteiger partial charge < -0.3 is 25.4 Å². The number of rotatable bonds is 9. The summed E-state index contributed by atoms with van der Waals surface area (Å²) in [5.41, 5.74) is 3.30. The molecule has 0 bridgehead atoms. The Morgan fingerprint density at radius 1 is 0.818 bits per heavy atom. The van der Waals surface area contributed by atoms with Gasteiger partial charge in [-0.1, -0.05) is 30.3 Å². The second kappa shape index (κ2) is 11.6. The van der Waals surface area contributed by atoms with Gasteiger partial charge in [-0.25, -0.2) is 4.79 Å². The highest BCUT2D eigenvalue weighted by molar-refractivity contribution is 5.99. The highest BCUT2D eigenvalue weighted by Gasteiger charge is 2.11. The highest BCUT2D eigenvalue weighted by atomic mass is 16.5. The summed E-state index contributed by atoms with van der Waals surface area (Å²) in [6.07, 6.45) is 0.922. The highest BCUT2D eigenvalue weighted by Crippen LogP contribution is 2.23. The van der Waals surface area contributed by atoms with E-state index in [1.54, 1.807) is 20.3 Å². The molecule has 0 aliphatic carbocycles. The molecule has 0 heterocycles. The van der Waals surface area contributed by atoms with E-state index in [0.717, 1.165) is 16.8 Å². The average molecular weight is 448 g/mol. The Kier molecular flexibility index (Phi) is 8.30. The molecule has 3 amide bonds. The van der Waals surface area contributed by atoms with Crippen LogP contribution in [0.5, 0.6) is 11.5 Å². The van der Waals surface area contributed by atoms with Crippen molar-refractivity contribution in [1.82, 2.24) is 5.32 Å². The van der Waals surface area contributed by atoms with Gasteiger partial charge in [0.1, 0.15) is 11.5 Å². The maximum Gasteiger partial charge on any atom is 0.323 e. The molecule has 172 valence electrons. The largest absolute Gasteiger partial charge is 0.497 e. The van der Waals surface area contributed by atoms with Crippen LogP contribution in [-0.4, -0.2) is 26.2 Å². The molecule has 0 fully saturated rings. The van der Waals surface area contributed by atoms with E-state index in [4.69, 9.17) is 9.47 Å². The molecule has 7 nitrogen and oxygen atoms in total. The van der Waals surface area contributed by atoms with Gasteiger partial charge in [-0.15, -0.1) is 0 Å². The SMILES string of the molecule is COc1cc(CCC(=O)NC(C)c2ccc(NC(=O)Nc3ccccc3)cc2)cc(OC)c1. The Morgan fingerprint density at radius 2 is 1.39 bits per heavy atom. The van der Waals surface area contributed by atoms with Crippen LogP contribution >= 0.6 is 0 Å². The van der Waals surface area contributed by atoms with Gasteiger partial charge in [0.2, 0.25) is 5.91 Å². The molecule has 0 aliphatic heterocycles. The summed E-state index contributed by atoms with van der Waals surface area (Å²) < 4.78 is 10.6. The van der Waals surface area contributed by atoms with Crippen LogP contribution in [-0.2, 0) is 11.2 Å². The van der Waals surface area contributed by atoms with Crippen molar-refractivity contribution >= 4 is 23.3 Å². The summed E-state index contributed by atoms with van der Waals surface area (Å²) in [5, 5.41) is 8.58. The topological polar surface area (TPSA) is 88.7 Å². The molecule has 1 atom stereocenters. The van der Waals surface area contributed by atoms with E-state index in [0.29, 0.717) is 30.0 Å². The summed E-state index contributed by atoms with van der Waals surface area (Å²) in [6, 6.07) is 21.7. The second-order valence-electron chi connectivity index (χ2n) is 7.58. The number of hydrogen-bond acceptors (Lipinski definition) is 4. The van der Waals surface area contributed by atoms with Crippen LogP contribution in [0.4, 0.5) is 16.2 Å². The zero-order valence-electron chi connectivity index (χ0n) is 19.1. The van der Waals surface area contributed by atoms with E-state index in [-0.39, 0.29) is 18.0 Å². The van der Waals surface area contributed by atoms with Crippen LogP contribution in [0.2, 0.25) is 0 Å². The number of aryl methyl sites for hydroxylation is 1. The lowest BCUT2D eigenvalue weighted by Crippen LogP contribution is -2.26. The summed E-state index contributed by atoms with van der Waals surface area (Å²) in [5.74, 6) is 1.35. The number of urea groups is 1. The van der Waals surface area contributed by atoms with Crippen molar-refractivity contribution in [3.8, 4) is 11.5 Å². The molecule has 0 radical (unpaired) electrons. The van der Waals surface area contributed by atoms with Gasteiger partial charge in [0.05, 0.1) is 20.3 Å². The van der Waals surface area contributed by atoms with Crippen LogP contribution < -0.4 is 25.4 Å². The molecule has 0 saturated heterocycles. The van der Waals surface area contributed by atoms with Gasteiger partial charge in [-0.05, 0) is 60.9 Å². The lowest BCUT2D eigenvalue weighted by molar-refractivity contribution is -0.121. The number of hydrogen-bond donors (Lipinski definition) is 3. The summed E-state index contributed by atoms with van der Waals surface area (Å²) in [6.45, 7) is 1.93. The molecule has 3 aromatic carbocycles. The molecule has 0 aliphatic rings. The van der Waals surface area contributed by atoms with Gasteiger partial charge >= 0.3 is 6.03 Å². The van der Waals surface area contributed by atoms with E-state index in [1.807, 2.05) is 73.7 Å². The number of ether oxygens (including phenoxy) is 2. The number of nitrogens with one attached hydrogen (secondary N) is 3. The molecule has 3 rings (SSSR count). The van der Waals surface area contributed by atoms with Crippen LogP contribution in [0.25, 0.3) is 0 Å². The first-order valence-corrected chi connectivity index (χ1v) is 10.7. The number of methoxy groups -OCH3 is 2. The normalized spacial score (nSPS) is 11.2. The molecule has 33 heavy (non-hydrogen) atoms. The Labute approximate surface area is 194 Å². The average Bonchev–Trinajstić information content (AvgIpc) is 2.83. The van der Waals surface area contributed by atoms with Crippen molar-refractivity contribution in [1.29, 1.82) is 0 Å². The third kappa shape index (κ3) is 7.28. The van der Waals surface area contributed by atoms with E-state index in [9.17, 15) is 9.59 Å². The zero-order chi connectivity index (χ0) is 23.6. The number of benzene rings is 3. The summed E-state index contributed by atoms with van der Waals surface area (Å²) in [4.78, 5) is 24.6. The molecule has 0 saturated carbocycles. The van der Waals surface area contributed by atoms with Crippen molar-refractivity contribution in [2.24, 2.45) is 0 Å². The van der Waals surface area contributed by atoms with Crippen LogP contribution in [0, 0.1) is 0 Å². The molecular formula is C26H29N3O4. The fourth-order valence-electron chi connectivity index (χ4n) is 3.34. The van der Waals surface area contributed by atoms with Crippen LogP contribution in [0.3, 0.4) is 0 Å². The van der Waals surface area contributed by atoms with Gasteiger partial charge in [0.15, 0.2) is 0 Å². The van der Waals surface area contributed by atoms with Crippen molar-refractivity contribution < 1.29 is 19.1 Å². The molecule has 3 aromatic rings. The zero-order valence-corrected chi connectivity index (χ0v) is 19.1. The third-order valence-corrected chi connectivity index (χ3v) is 5.13. The molecule has 7 heteroatoms. The first kappa shape index (κ1) is 23.7. The first-order chi connectivity index (χ1) is 16.0. The van der Waals surface area contributed by atoms with Crippen molar-refractivity contribution in [3.63, 3.8) is 0 Å². The third-order valence-electron chi connectivity index (χ3n) is 5.13. The minimum absolute atomic E-state index is 0.0475. The maximum atomic E-state index is 12.5. The Balaban J connectivity index is 1.49. The fourth-order valence-corrected chi connectivity index (χ4v) is 3.34. The van der Waals surface area contributed by atoms with Crippen LogP contribution in [0.15, 0.2) is 72.8 Å². The Hall–Kier alpha value is -4.00. The predicted molar refractivity (Wildman–Crippen MR) is 130 cm³/mol. The predicted octanol–water partition coefficient (Wildman–Crippen LogP) is 5.16. The number of carbonyl (C=O) groups excluding carboxylic acids is 2. The van der Waals surface area contributed by atoms with Gasteiger partial charge in [-0.3, -0.25) is 4.79 Å². The van der Waals surface area contributed by atoms with Crippen molar-refractivity contribution in [2.45, 2.75) is 25.8 Å². The Morgan fingerprint density at radius 3 is 1.97 bits per heavy atom. The number of amides is 3. The Bertz CT molecular complexity index is 1050. The minimum Gasteiger partial charge on any atom is -0.497 e. The monoisotopic (exact) mass is 447 g/mol. The number of anilines is 2. The maximum absolute atomic E-state index is 12.5. The van der Waals surface area contributed by atoms with Crippen LogP contribution in [0.1, 0.15) is 30.5 Å². The molecule has 1 unspecified atom stereocenters. The number of para-hydroxylation sites is 1. The smallest absolute Gasteiger partial charge is 0.323 e. The van der Waals surface area contributed by atoms with Crippen molar-refractivity contribution in [3.05, 3.63) is 83.9 Å². The standard InChI is InChI=1S/C26H29N3O4/c1-18(27-25(30)14-9-19-15-23(32-2)17-24(16-19)33-3)20-10-12-22(13-11-20)29-26(31)28-21-7-5-4-6-8-21/h4-8,10-13,15-18H,9,14H2,1-3H3,(H,27,30)(H2,28,29,31). The quantitative estimate of drug-likeness (QED) is 0.423. The lowest BCUT2D eigenvalue weighted by Gasteiger charge is -2.15. The molecule has 3 N–H and O–H groups in total. The summed E-state index contributed by atoms with van der Waals surface area (Å²) >= 11 is 0. The second-order valence-corrected chi connectivity index (χ2v) is 7.58. The first-order valence-electron chi connectivity index (χ1n) is 10.7. The van der Waals surface area contributed by atoms with E-state index < -0.39 is 0 Å². The fraction of sp³-hybridized carbons (Fsp3) is 0.231. The van der Waals surface area contributed by atoms with Gasteiger partial charge in [0, 0.05) is 23.9 Å². The van der Waals surface area contributed by atoms with Gasteiger partial charge in [-0.2, -0.15) is 0 Å². The van der Waals surface area contributed by atoms with Gasteiger partial charge in [0.25, 0.3) is 0 Å². The molecule has 0 aromatic heterocycles. The van der Waals surface area contributed by atoms with E-state index in [2.05, 4.69) is 16.0 Å². The lowest BCUT2D eigenvalue weighted by atomic mass is 10.1. The van der Waals surface area contributed by atoms with E-state index in [1.165, 1.54) is 0 Å². The minimum atomic E-state index is -0.315. The number of carbonyl (C=O) groups is 2. The molecule has 0 spiro atoms. The summed E-state index contributed by atoms with van der Waals surface area (Å²) in [7, 11) is 3.20. The van der Waals surface area contributed by atoms with E-state index >= 15 is 0 Å². The van der Waals surface area contributed by atoms with Crippen molar-refractivity contribution in [2.75, 3.05) is 24.9 Å².